The first-order chi connectivity index (χ1) is 7.75. The van der Waals surface area contributed by atoms with Gasteiger partial charge in [-0.05, 0) is 12.1 Å². The normalized spacial score (nSPS) is 9.53. The van der Waals surface area contributed by atoms with Gasteiger partial charge in [-0.2, -0.15) is 0 Å². The predicted molar refractivity (Wildman–Crippen MR) is 71.8 cm³/mol. The van der Waals surface area contributed by atoms with Crippen molar-refractivity contribution in [1.29, 1.82) is 0 Å². The molecule has 1 aromatic rings. The van der Waals surface area contributed by atoms with Crippen molar-refractivity contribution >= 4 is 24.0 Å². The van der Waals surface area contributed by atoms with Crippen molar-refractivity contribution in [1.82, 2.24) is 5.32 Å². The zero-order valence-electron chi connectivity index (χ0n) is 10.2. The Bertz CT molecular complexity index is 320. The second-order valence-corrected chi connectivity index (χ2v) is 3.46. The summed E-state index contributed by atoms with van der Waals surface area (Å²) >= 11 is 0. The van der Waals surface area contributed by atoms with Crippen LogP contribution < -0.4 is 10.2 Å². The molecule has 0 radical (unpaired) electrons. The Hall–Kier alpha value is -1.10. The second kappa shape index (κ2) is 8.98. The molecule has 0 saturated carbocycles. The number of carbonyl (C=O) groups is 1. The van der Waals surface area contributed by atoms with Gasteiger partial charge < -0.3 is 15.0 Å². The number of ether oxygens (including phenoxy) is 1. The van der Waals surface area contributed by atoms with Crippen molar-refractivity contribution in [3.8, 4) is 0 Å². The fourth-order valence-electron chi connectivity index (χ4n) is 1.28. The van der Waals surface area contributed by atoms with E-state index >= 15 is 0 Å². The first kappa shape index (κ1) is 15.9. The van der Waals surface area contributed by atoms with Gasteiger partial charge in [0.15, 0.2) is 0 Å². The summed E-state index contributed by atoms with van der Waals surface area (Å²) in [4.78, 5) is 13.4. The molecule has 0 saturated heterocycles. The van der Waals surface area contributed by atoms with Gasteiger partial charge in [0, 0.05) is 26.4 Å². The number of amides is 1. The van der Waals surface area contributed by atoms with E-state index in [9.17, 15) is 4.79 Å². The number of likely N-dealkylation sites (N-methyl/N-ethyl adjacent to an activating group) is 1. The summed E-state index contributed by atoms with van der Waals surface area (Å²) in [6.45, 7) is 1.63. The summed E-state index contributed by atoms with van der Waals surface area (Å²) in [5, 5.41) is 3.02. The van der Waals surface area contributed by atoms with Crippen LogP contribution in [0.1, 0.15) is 0 Å². The SMILES string of the molecule is COCCNCC(=O)N(C)c1ccccc1.Cl. The molecule has 96 valence electrons. The number of hydrogen-bond donors (Lipinski definition) is 1. The lowest BCUT2D eigenvalue weighted by Crippen LogP contribution is -2.36. The number of carbonyl (C=O) groups excluding carboxylic acids is 1. The van der Waals surface area contributed by atoms with Crippen molar-refractivity contribution in [2.45, 2.75) is 0 Å². The Labute approximate surface area is 108 Å². The van der Waals surface area contributed by atoms with Crippen molar-refractivity contribution < 1.29 is 9.53 Å². The highest BCUT2D eigenvalue weighted by Gasteiger charge is 2.08. The fourth-order valence-corrected chi connectivity index (χ4v) is 1.28. The quantitative estimate of drug-likeness (QED) is 0.783. The Morgan fingerprint density at radius 3 is 2.59 bits per heavy atom. The van der Waals surface area contributed by atoms with Crippen LogP contribution in [-0.2, 0) is 9.53 Å². The maximum atomic E-state index is 11.7. The number of rotatable bonds is 6. The third kappa shape index (κ3) is 5.68. The van der Waals surface area contributed by atoms with E-state index in [2.05, 4.69) is 5.32 Å². The van der Waals surface area contributed by atoms with E-state index in [4.69, 9.17) is 4.74 Å². The van der Waals surface area contributed by atoms with Gasteiger partial charge in [0.2, 0.25) is 5.91 Å². The van der Waals surface area contributed by atoms with Crippen LogP contribution in [0.15, 0.2) is 30.3 Å². The molecule has 17 heavy (non-hydrogen) atoms. The lowest BCUT2D eigenvalue weighted by atomic mass is 10.3. The largest absolute Gasteiger partial charge is 0.383 e. The van der Waals surface area contributed by atoms with Gasteiger partial charge in [0.1, 0.15) is 0 Å². The van der Waals surface area contributed by atoms with Gasteiger partial charge in [-0.15, -0.1) is 12.4 Å². The van der Waals surface area contributed by atoms with Crippen molar-refractivity contribution in [2.75, 3.05) is 38.8 Å². The molecule has 5 heteroatoms. The minimum absolute atomic E-state index is 0. The van der Waals surface area contributed by atoms with Gasteiger partial charge in [-0.1, -0.05) is 18.2 Å². The van der Waals surface area contributed by atoms with Crippen LogP contribution in [0.5, 0.6) is 0 Å². The first-order valence-corrected chi connectivity index (χ1v) is 5.27. The number of methoxy groups -OCH3 is 1. The molecule has 0 fully saturated rings. The van der Waals surface area contributed by atoms with E-state index in [0.29, 0.717) is 19.7 Å². The summed E-state index contributed by atoms with van der Waals surface area (Å²) in [5.74, 6) is 0.0438. The molecular weight excluding hydrogens is 240 g/mol. The van der Waals surface area contributed by atoms with E-state index in [1.807, 2.05) is 30.3 Å². The minimum Gasteiger partial charge on any atom is -0.383 e. The van der Waals surface area contributed by atoms with E-state index in [0.717, 1.165) is 5.69 Å². The van der Waals surface area contributed by atoms with Gasteiger partial charge in [-0.3, -0.25) is 4.79 Å². The van der Waals surface area contributed by atoms with Gasteiger partial charge >= 0.3 is 0 Å². The second-order valence-electron chi connectivity index (χ2n) is 3.46. The van der Waals surface area contributed by atoms with E-state index in [1.54, 1.807) is 19.1 Å². The molecule has 0 heterocycles. The minimum atomic E-state index is 0. The average Bonchev–Trinajstić information content (AvgIpc) is 2.34. The first-order valence-electron chi connectivity index (χ1n) is 5.27. The Morgan fingerprint density at radius 1 is 1.35 bits per heavy atom. The van der Waals surface area contributed by atoms with Crippen LogP contribution in [0, 0.1) is 0 Å². The van der Waals surface area contributed by atoms with Crippen LogP contribution in [0.2, 0.25) is 0 Å². The Kier molecular flexibility index (Phi) is 8.40. The highest BCUT2D eigenvalue weighted by molar-refractivity contribution is 5.94. The van der Waals surface area contributed by atoms with Crippen molar-refractivity contribution in [2.24, 2.45) is 0 Å². The Morgan fingerprint density at radius 2 is 2.00 bits per heavy atom. The highest BCUT2D eigenvalue weighted by Crippen LogP contribution is 2.10. The summed E-state index contributed by atoms with van der Waals surface area (Å²) in [6, 6.07) is 9.58. The predicted octanol–water partition coefficient (Wildman–Crippen LogP) is 1.31. The molecule has 1 aromatic carbocycles. The van der Waals surface area contributed by atoms with E-state index < -0.39 is 0 Å². The number of hydrogen-bond acceptors (Lipinski definition) is 3. The molecule has 0 unspecified atom stereocenters. The Balaban J connectivity index is 0.00000256. The molecule has 0 aromatic heterocycles. The monoisotopic (exact) mass is 258 g/mol. The maximum Gasteiger partial charge on any atom is 0.240 e. The molecule has 1 amide bonds. The molecule has 0 aliphatic rings. The third-order valence-corrected chi connectivity index (χ3v) is 2.28. The lowest BCUT2D eigenvalue weighted by molar-refractivity contribution is -0.117. The lowest BCUT2D eigenvalue weighted by Gasteiger charge is -2.17. The zero-order valence-corrected chi connectivity index (χ0v) is 11.0. The number of para-hydroxylation sites is 1. The van der Waals surface area contributed by atoms with Crippen LogP contribution in [-0.4, -0.2) is 39.8 Å². The molecule has 1 rings (SSSR count). The highest BCUT2D eigenvalue weighted by atomic mass is 35.5. The van der Waals surface area contributed by atoms with E-state index in [-0.39, 0.29) is 18.3 Å². The van der Waals surface area contributed by atoms with Crippen LogP contribution in [0.3, 0.4) is 0 Å². The summed E-state index contributed by atoms with van der Waals surface area (Å²) in [5.41, 5.74) is 0.904. The maximum absolute atomic E-state index is 11.7. The standard InChI is InChI=1S/C12H18N2O2.ClH/c1-14(11-6-4-3-5-7-11)12(15)10-13-8-9-16-2;/h3-7,13H,8-10H2,1-2H3;1H. The molecule has 0 spiro atoms. The van der Waals surface area contributed by atoms with Crippen molar-refractivity contribution in [3.05, 3.63) is 30.3 Å². The summed E-state index contributed by atoms with van der Waals surface area (Å²) in [6.07, 6.45) is 0. The van der Waals surface area contributed by atoms with Crippen LogP contribution in [0.4, 0.5) is 5.69 Å². The van der Waals surface area contributed by atoms with Crippen LogP contribution >= 0.6 is 12.4 Å². The molecular formula is C12H19ClN2O2. The third-order valence-electron chi connectivity index (χ3n) is 2.28. The number of halogens is 1. The molecule has 4 nitrogen and oxygen atoms in total. The summed E-state index contributed by atoms with van der Waals surface area (Å²) in [7, 11) is 3.41. The topological polar surface area (TPSA) is 41.6 Å². The van der Waals surface area contributed by atoms with Gasteiger partial charge in [0.25, 0.3) is 0 Å². The summed E-state index contributed by atoms with van der Waals surface area (Å²) < 4.78 is 4.88. The molecule has 0 bridgehead atoms. The van der Waals surface area contributed by atoms with E-state index in [1.165, 1.54) is 0 Å². The number of benzene rings is 1. The number of anilines is 1. The van der Waals surface area contributed by atoms with Crippen molar-refractivity contribution in [3.63, 3.8) is 0 Å². The zero-order chi connectivity index (χ0) is 11.8. The fraction of sp³-hybridized carbons (Fsp3) is 0.417. The molecule has 0 atom stereocenters. The molecule has 0 aliphatic carbocycles. The van der Waals surface area contributed by atoms with Gasteiger partial charge in [-0.25, -0.2) is 0 Å². The molecule has 1 N–H and O–H groups in total. The van der Waals surface area contributed by atoms with Crippen LogP contribution in [0.25, 0.3) is 0 Å². The van der Waals surface area contributed by atoms with Gasteiger partial charge in [0.05, 0.1) is 13.2 Å². The smallest absolute Gasteiger partial charge is 0.240 e. The number of nitrogens with one attached hydrogen (secondary N) is 1. The number of nitrogens with zero attached hydrogens (tertiary/aromatic N) is 1. The molecule has 0 aliphatic heterocycles. The average molecular weight is 259 g/mol.